The molecule has 0 heterocycles. The van der Waals surface area contributed by atoms with E-state index >= 15 is 0 Å². The van der Waals surface area contributed by atoms with Crippen LogP contribution in [0.3, 0.4) is 0 Å². The third-order valence-corrected chi connectivity index (χ3v) is 8.56. The summed E-state index contributed by atoms with van der Waals surface area (Å²) >= 11 is 0. The van der Waals surface area contributed by atoms with E-state index < -0.39 is 0 Å². The molecule has 48 heavy (non-hydrogen) atoms. The lowest BCUT2D eigenvalue weighted by Gasteiger charge is -2.27. The Kier molecular flexibility index (Phi) is 11.4. The molecule has 6 heteroatoms. The van der Waals surface area contributed by atoms with E-state index in [-0.39, 0.29) is 23.8 Å². The van der Waals surface area contributed by atoms with Crippen LogP contribution in [0.5, 0.6) is 5.75 Å². The number of nitrogens with one attached hydrogen (secondary N) is 1. The van der Waals surface area contributed by atoms with Gasteiger partial charge in [-0.1, -0.05) is 117 Å². The number of hydrogen-bond donors (Lipinski definition) is 1. The van der Waals surface area contributed by atoms with Gasteiger partial charge in [0, 0.05) is 25.0 Å². The van der Waals surface area contributed by atoms with Crippen LogP contribution in [0.25, 0.3) is 11.1 Å². The van der Waals surface area contributed by atoms with Gasteiger partial charge in [-0.3, -0.25) is 9.69 Å². The second kappa shape index (κ2) is 16.1. The quantitative estimate of drug-likeness (QED) is 0.124. The molecule has 0 aromatic heterocycles. The van der Waals surface area contributed by atoms with Crippen molar-refractivity contribution in [2.24, 2.45) is 0 Å². The molecule has 0 radical (unpaired) electrons. The number of aryl methyl sites for hydroxylation is 1. The van der Waals surface area contributed by atoms with Crippen molar-refractivity contribution in [3.8, 4) is 16.9 Å². The number of carbonyl (C=O) groups is 2. The first-order chi connectivity index (χ1) is 23.2. The van der Waals surface area contributed by atoms with E-state index in [9.17, 15) is 9.59 Å². The molecular weight excluding hydrogens is 596 g/mol. The van der Waals surface area contributed by atoms with Gasteiger partial charge in [-0.15, -0.1) is 0 Å². The zero-order chi connectivity index (χ0) is 33.9. The SMILES string of the molecule is COC(=O)c1ccc(CN(CC(=O)NCC(C)(C)c2ccccc2)Cc2ccc(OCc3ccccc3)cc2)cc1-c1ccccc1C. The molecule has 0 fully saturated rings. The summed E-state index contributed by atoms with van der Waals surface area (Å²) in [5.41, 5.74) is 7.46. The molecule has 0 aliphatic carbocycles. The van der Waals surface area contributed by atoms with Crippen molar-refractivity contribution < 1.29 is 19.1 Å². The second-order valence-corrected chi connectivity index (χ2v) is 12.8. The number of carbonyl (C=O) groups excluding carboxylic acids is 2. The summed E-state index contributed by atoms with van der Waals surface area (Å²) in [7, 11) is 1.40. The highest BCUT2D eigenvalue weighted by Gasteiger charge is 2.22. The van der Waals surface area contributed by atoms with Crippen molar-refractivity contribution in [3.63, 3.8) is 0 Å². The largest absolute Gasteiger partial charge is 0.489 e. The first-order valence-electron chi connectivity index (χ1n) is 16.3. The van der Waals surface area contributed by atoms with Crippen LogP contribution in [0, 0.1) is 6.92 Å². The summed E-state index contributed by atoms with van der Waals surface area (Å²) in [6, 6.07) is 42.2. The third kappa shape index (κ3) is 9.20. The lowest BCUT2D eigenvalue weighted by atomic mass is 9.84. The zero-order valence-electron chi connectivity index (χ0n) is 28.2. The predicted molar refractivity (Wildman–Crippen MR) is 192 cm³/mol. The highest BCUT2D eigenvalue weighted by atomic mass is 16.5. The normalized spacial score (nSPS) is 11.3. The molecule has 0 aliphatic heterocycles. The van der Waals surface area contributed by atoms with Gasteiger partial charge in [0.2, 0.25) is 5.91 Å². The van der Waals surface area contributed by atoms with Gasteiger partial charge < -0.3 is 14.8 Å². The van der Waals surface area contributed by atoms with Crippen molar-refractivity contribution >= 4 is 11.9 Å². The highest BCUT2D eigenvalue weighted by molar-refractivity contribution is 5.97. The number of methoxy groups -OCH3 is 1. The summed E-state index contributed by atoms with van der Waals surface area (Å²) in [5, 5.41) is 3.18. The van der Waals surface area contributed by atoms with Crippen molar-refractivity contribution in [2.75, 3.05) is 20.2 Å². The maximum atomic E-state index is 13.5. The topological polar surface area (TPSA) is 67.9 Å². The predicted octanol–water partition coefficient (Wildman–Crippen LogP) is 8.12. The minimum atomic E-state index is -0.383. The number of ether oxygens (including phenoxy) is 2. The molecule has 5 aromatic carbocycles. The Morgan fingerprint density at radius 2 is 1.33 bits per heavy atom. The molecule has 5 aromatic rings. The van der Waals surface area contributed by atoms with Gasteiger partial charge in [-0.2, -0.15) is 0 Å². The zero-order valence-corrected chi connectivity index (χ0v) is 28.2. The lowest BCUT2D eigenvalue weighted by molar-refractivity contribution is -0.122. The van der Waals surface area contributed by atoms with Gasteiger partial charge in [0.05, 0.1) is 19.2 Å². The molecule has 0 aliphatic rings. The van der Waals surface area contributed by atoms with Gasteiger partial charge in [0.1, 0.15) is 12.4 Å². The summed E-state index contributed by atoms with van der Waals surface area (Å²) in [4.78, 5) is 28.3. The molecule has 6 nitrogen and oxygen atoms in total. The number of benzene rings is 5. The van der Waals surface area contributed by atoms with Crippen molar-refractivity contribution in [1.82, 2.24) is 10.2 Å². The average molecular weight is 641 g/mol. The van der Waals surface area contributed by atoms with Crippen LogP contribution >= 0.6 is 0 Å². The first-order valence-corrected chi connectivity index (χ1v) is 16.3. The van der Waals surface area contributed by atoms with E-state index in [1.807, 2.05) is 122 Å². The van der Waals surface area contributed by atoms with Gasteiger partial charge >= 0.3 is 5.97 Å². The van der Waals surface area contributed by atoms with Crippen LogP contribution in [0.15, 0.2) is 127 Å². The van der Waals surface area contributed by atoms with Crippen LogP contribution in [0.4, 0.5) is 0 Å². The molecular formula is C42H44N2O4. The van der Waals surface area contributed by atoms with E-state index in [0.717, 1.165) is 39.1 Å². The van der Waals surface area contributed by atoms with E-state index in [1.165, 1.54) is 12.7 Å². The number of esters is 1. The Bertz CT molecular complexity index is 1800. The molecule has 0 bridgehead atoms. The van der Waals surface area contributed by atoms with E-state index in [0.29, 0.717) is 31.8 Å². The summed E-state index contributed by atoms with van der Waals surface area (Å²) in [6.45, 7) is 8.57. The number of nitrogens with zero attached hydrogens (tertiary/aromatic N) is 1. The van der Waals surface area contributed by atoms with Gasteiger partial charge in [0.25, 0.3) is 0 Å². The van der Waals surface area contributed by atoms with Crippen LogP contribution in [-0.4, -0.2) is 37.0 Å². The van der Waals surface area contributed by atoms with Gasteiger partial charge in [-0.25, -0.2) is 4.79 Å². The summed E-state index contributed by atoms with van der Waals surface area (Å²) in [6.07, 6.45) is 0. The fraction of sp³-hybridized carbons (Fsp3) is 0.238. The number of hydrogen-bond acceptors (Lipinski definition) is 5. The number of amides is 1. The van der Waals surface area contributed by atoms with E-state index in [4.69, 9.17) is 9.47 Å². The van der Waals surface area contributed by atoms with Gasteiger partial charge in [0.15, 0.2) is 0 Å². The van der Waals surface area contributed by atoms with Crippen LogP contribution in [0.1, 0.15) is 52.0 Å². The molecule has 0 unspecified atom stereocenters. The molecule has 0 saturated carbocycles. The third-order valence-electron chi connectivity index (χ3n) is 8.56. The average Bonchev–Trinajstić information content (AvgIpc) is 3.11. The fourth-order valence-electron chi connectivity index (χ4n) is 5.76. The molecule has 0 atom stereocenters. The molecule has 1 N–H and O–H groups in total. The Hall–Kier alpha value is -5.20. The van der Waals surface area contributed by atoms with Crippen LogP contribution < -0.4 is 10.1 Å². The van der Waals surface area contributed by atoms with E-state index in [2.05, 4.69) is 36.2 Å². The van der Waals surface area contributed by atoms with Crippen molar-refractivity contribution in [3.05, 3.63) is 161 Å². The second-order valence-electron chi connectivity index (χ2n) is 12.8. The maximum absolute atomic E-state index is 13.5. The molecule has 5 rings (SSSR count). The summed E-state index contributed by atoms with van der Waals surface area (Å²) < 4.78 is 11.1. The molecule has 0 saturated heterocycles. The standard InChI is InChI=1S/C42H44N2O4/c1-31-13-11-12-18-37(31)39-25-34(21-24-38(39)41(46)47-4)27-44(28-40(45)43-30-42(2,3)35-16-9-6-10-17-35)26-32-19-22-36(23-20-32)48-29-33-14-7-5-8-15-33/h5-25H,26-30H2,1-4H3,(H,43,45). The first kappa shape index (κ1) is 34.1. The highest BCUT2D eigenvalue weighted by Crippen LogP contribution is 2.29. The van der Waals surface area contributed by atoms with Gasteiger partial charge in [-0.05, 0) is 70.1 Å². The number of rotatable bonds is 14. The van der Waals surface area contributed by atoms with Crippen molar-refractivity contribution in [2.45, 2.75) is 45.9 Å². The fourth-order valence-corrected chi connectivity index (χ4v) is 5.76. The Morgan fingerprint density at radius 1 is 0.708 bits per heavy atom. The molecule has 1 amide bonds. The van der Waals surface area contributed by atoms with Crippen molar-refractivity contribution in [1.29, 1.82) is 0 Å². The Labute approximate surface area is 284 Å². The molecule has 246 valence electrons. The summed E-state index contributed by atoms with van der Waals surface area (Å²) in [5.74, 6) is 0.357. The maximum Gasteiger partial charge on any atom is 0.338 e. The van der Waals surface area contributed by atoms with E-state index in [1.54, 1.807) is 0 Å². The lowest BCUT2D eigenvalue weighted by Crippen LogP contribution is -2.42. The minimum absolute atomic E-state index is 0.0490. The van der Waals surface area contributed by atoms with Crippen LogP contribution in [0.2, 0.25) is 0 Å². The smallest absolute Gasteiger partial charge is 0.338 e. The Morgan fingerprint density at radius 3 is 2.02 bits per heavy atom. The Balaban J connectivity index is 1.35. The van der Waals surface area contributed by atoms with Crippen LogP contribution in [-0.2, 0) is 34.6 Å². The minimum Gasteiger partial charge on any atom is -0.489 e. The monoisotopic (exact) mass is 640 g/mol. The molecule has 0 spiro atoms.